The van der Waals surface area contributed by atoms with Crippen molar-refractivity contribution >= 4 is 5.78 Å². The maximum absolute atomic E-state index is 11.2. The number of carbonyl (C=O) groups excluding carboxylic acids is 1. The summed E-state index contributed by atoms with van der Waals surface area (Å²) in [6, 6.07) is 1.03. The summed E-state index contributed by atoms with van der Waals surface area (Å²) in [6.07, 6.45) is 3.19. The van der Waals surface area contributed by atoms with Gasteiger partial charge in [0.05, 0.1) is 0 Å². The molecule has 2 rings (SSSR count). The third-order valence-corrected chi connectivity index (χ3v) is 2.83. The zero-order valence-electron chi connectivity index (χ0n) is 6.26. The smallest absolute Gasteiger partial charge is 0.138 e. The van der Waals surface area contributed by atoms with Crippen LogP contribution in [0.15, 0.2) is 0 Å². The van der Waals surface area contributed by atoms with Gasteiger partial charge < -0.3 is 5.32 Å². The number of hydrogen-bond acceptors (Lipinski definition) is 2. The molecule has 0 aromatic carbocycles. The number of carbonyl (C=O) groups is 1. The second-order valence-electron chi connectivity index (χ2n) is 3.51. The monoisotopic (exact) mass is 139 g/mol. The van der Waals surface area contributed by atoms with Crippen molar-refractivity contribution in [1.29, 1.82) is 0 Å². The summed E-state index contributed by atoms with van der Waals surface area (Å²) in [5.74, 6) is 0.741. The Balaban J connectivity index is 2.17. The van der Waals surface area contributed by atoms with Crippen LogP contribution in [0.3, 0.4) is 0 Å². The van der Waals surface area contributed by atoms with Crippen LogP contribution >= 0.6 is 0 Å². The Hall–Kier alpha value is -0.370. The van der Waals surface area contributed by atoms with E-state index in [0.717, 1.165) is 6.42 Å². The number of fused-ring (bicyclic) bond motifs is 2. The van der Waals surface area contributed by atoms with Gasteiger partial charge >= 0.3 is 0 Å². The van der Waals surface area contributed by atoms with Crippen molar-refractivity contribution in [3.63, 3.8) is 0 Å². The van der Waals surface area contributed by atoms with Gasteiger partial charge in [0.15, 0.2) is 0 Å². The van der Waals surface area contributed by atoms with Gasteiger partial charge in [0, 0.05) is 24.4 Å². The molecule has 2 fully saturated rings. The Kier molecular flexibility index (Phi) is 1.31. The summed E-state index contributed by atoms with van der Waals surface area (Å²) in [4.78, 5) is 11.2. The fourth-order valence-electron chi connectivity index (χ4n) is 2.06. The van der Waals surface area contributed by atoms with Gasteiger partial charge in [-0.3, -0.25) is 4.79 Å². The number of piperidine rings is 1. The Morgan fingerprint density at radius 2 is 2.30 bits per heavy atom. The molecule has 2 aliphatic rings. The van der Waals surface area contributed by atoms with Gasteiger partial charge in [-0.25, -0.2) is 0 Å². The van der Waals surface area contributed by atoms with Crippen LogP contribution in [0.25, 0.3) is 0 Å². The molecule has 0 spiro atoms. The van der Waals surface area contributed by atoms with Gasteiger partial charge in [-0.1, -0.05) is 6.92 Å². The van der Waals surface area contributed by atoms with E-state index in [2.05, 4.69) is 5.32 Å². The van der Waals surface area contributed by atoms with E-state index in [1.165, 1.54) is 12.8 Å². The molecule has 0 radical (unpaired) electrons. The summed E-state index contributed by atoms with van der Waals surface area (Å²) < 4.78 is 0. The molecule has 0 amide bonds. The van der Waals surface area contributed by atoms with Crippen LogP contribution in [0.2, 0.25) is 0 Å². The molecule has 0 aromatic rings. The predicted molar refractivity (Wildman–Crippen MR) is 38.7 cm³/mol. The summed E-state index contributed by atoms with van der Waals surface area (Å²) in [7, 11) is 0. The van der Waals surface area contributed by atoms with Crippen LogP contribution in [-0.2, 0) is 4.79 Å². The minimum Gasteiger partial charge on any atom is -0.310 e. The molecule has 2 saturated heterocycles. The van der Waals surface area contributed by atoms with E-state index in [1.54, 1.807) is 0 Å². The van der Waals surface area contributed by atoms with E-state index in [4.69, 9.17) is 0 Å². The Morgan fingerprint density at radius 1 is 1.50 bits per heavy atom. The molecule has 1 N–H and O–H groups in total. The number of nitrogens with one attached hydrogen (secondary N) is 1. The standard InChI is InChI=1S/C8H13NO/c1-5-7-3-2-6(9-7)4-8(5)10/h5-7,9H,2-4H2,1H3/t5-,6+,7-/m0/s1. The number of ketones is 1. The number of rotatable bonds is 0. The van der Waals surface area contributed by atoms with Crippen LogP contribution in [0.4, 0.5) is 0 Å². The average molecular weight is 139 g/mol. The van der Waals surface area contributed by atoms with Crippen molar-refractivity contribution in [2.75, 3.05) is 0 Å². The van der Waals surface area contributed by atoms with Crippen LogP contribution in [0.5, 0.6) is 0 Å². The van der Waals surface area contributed by atoms with Crippen molar-refractivity contribution in [2.24, 2.45) is 5.92 Å². The third kappa shape index (κ3) is 0.788. The van der Waals surface area contributed by atoms with E-state index in [0.29, 0.717) is 17.9 Å². The highest BCUT2D eigenvalue weighted by atomic mass is 16.1. The van der Waals surface area contributed by atoms with Crippen molar-refractivity contribution in [2.45, 2.75) is 38.3 Å². The van der Waals surface area contributed by atoms with Gasteiger partial charge in [0.2, 0.25) is 0 Å². The second-order valence-corrected chi connectivity index (χ2v) is 3.51. The molecule has 3 atom stereocenters. The minimum atomic E-state index is 0.277. The molecule has 2 bridgehead atoms. The molecule has 0 aromatic heterocycles. The average Bonchev–Trinajstić information content (AvgIpc) is 2.29. The largest absolute Gasteiger partial charge is 0.310 e. The first-order valence-corrected chi connectivity index (χ1v) is 4.06. The maximum atomic E-state index is 11.2. The lowest BCUT2D eigenvalue weighted by Crippen LogP contribution is -2.44. The van der Waals surface area contributed by atoms with Gasteiger partial charge in [0.25, 0.3) is 0 Å². The molecule has 0 saturated carbocycles. The zero-order valence-corrected chi connectivity index (χ0v) is 6.26. The lowest BCUT2D eigenvalue weighted by molar-refractivity contribution is -0.124. The molecule has 2 heterocycles. The summed E-state index contributed by atoms with van der Waals surface area (Å²) in [6.45, 7) is 2.04. The first-order chi connectivity index (χ1) is 4.77. The van der Waals surface area contributed by atoms with Crippen LogP contribution in [0, 0.1) is 5.92 Å². The molecular formula is C8H13NO. The number of Topliss-reactive ketones (excluding diaryl/α,β-unsaturated/α-hetero) is 1. The Morgan fingerprint density at radius 3 is 3.10 bits per heavy atom. The predicted octanol–water partition coefficient (Wildman–Crippen LogP) is 0.716. The topological polar surface area (TPSA) is 29.1 Å². The summed E-state index contributed by atoms with van der Waals surface area (Å²) in [5, 5.41) is 3.45. The fourth-order valence-corrected chi connectivity index (χ4v) is 2.06. The van der Waals surface area contributed by atoms with Crippen molar-refractivity contribution in [3.8, 4) is 0 Å². The van der Waals surface area contributed by atoms with Crippen molar-refractivity contribution < 1.29 is 4.79 Å². The van der Waals surface area contributed by atoms with E-state index >= 15 is 0 Å². The normalized spacial score (nSPS) is 46.1. The highest BCUT2D eigenvalue weighted by Gasteiger charge is 2.37. The first kappa shape index (κ1) is 6.35. The van der Waals surface area contributed by atoms with Crippen LogP contribution in [0.1, 0.15) is 26.2 Å². The summed E-state index contributed by atoms with van der Waals surface area (Å²) >= 11 is 0. The molecule has 0 unspecified atom stereocenters. The molecule has 0 aliphatic carbocycles. The van der Waals surface area contributed by atoms with Crippen molar-refractivity contribution in [3.05, 3.63) is 0 Å². The van der Waals surface area contributed by atoms with Crippen molar-refractivity contribution in [1.82, 2.24) is 5.32 Å². The molecule has 2 aliphatic heterocycles. The number of hydrogen-bond donors (Lipinski definition) is 1. The van der Waals surface area contributed by atoms with E-state index in [9.17, 15) is 4.79 Å². The molecule has 2 heteroatoms. The molecular weight excluding hydrogens is 126 g/mol. The maximum Gasteiger partial charge on any atom is 0.138 e. The van der Waals surface area contributed by atoms with Gasteiger partial charge in [-0.05, 0) is 12.8 Å². The van der Waals surface area contributed by atoms with Crippen LogP contribution < -0.4 is 5.32 Å². The Bertz CT molecular complexity index is 167. The highest BCUT2D eigenvalue weighted by Crippen LogP contribution is 2.28. The second kappa shape index (κ2) is 2.06. The summed E-state index contributed by atoms with van der Waals surface area (Å²) in [5.41, 5.74) is 0. The van der Waals surface area contributed by atoms with E-state index in [1.807, 2.05) is 6.92 Å². The van der Waals surface area contributed by atoms with Gasteiger partial charge in [0.1, 0.15) is 5.78 Å². The molecule has 56 valence electrons. The van der Waals surface area contributed by atoms with E-state index < -0.39 is 0 Å². The first-order valence-electron chi connectivity index (χ1n) is 4.06. The zero-order chi connectivity index (χ0) is 7.14. The molecule has 2 nitrogen and oxygen atoms in total. The van der Waals surface area contributed by atoms with E-state index in [-0.39, 0.29) is 5.92 Å². The van der Waals surface area contributed by atoms with Crippen LogP contribution in [-0.4, -0.2) is 17.9 Å². The lowest BCUT2D eigenvalue weighted by Gasteiger charge is -2.25. The Labute approximate surface area is 61.0 Å². The third-order valence-electron chi connectivity index (χ3n) is 2.83. The van der Waals surface area contributed by atoms with Gasteiger partial charge in [-0.15, -0.1) is 0 Å². The highest BCUT2D eigenvalue weighted by molar-refractivity contribution is 5.83. The quantitative estimate of drug-likeness (QED) is 0.535. The minimum absolute atomic E-state index is 0.277. The lowest BCUT2D eigenvalue weighted by atomic mass is 9.93. The molecule has 10 heavy (non-hydrogen) atoms. The fraction of sp³-hybridized carbons (Fsp3) is 0.875. The SMILES string of the molecule is C[C@@H]1C(=O)C[C@H]2CC[C@@H]1N2. The van der Waals surface area contributed by atoms with Gasteiger partial charge in [-0.2, -0.15) is 0 Å².